The molecular formula is C14H11BrN4O2. The van der Waals surface area contributed by atoms with Gasteiger partial charge in [0, 0.05) is 20.8 Å². The van der Waals surface area contributed by atoms with E-state index in [1.807, 2.05) is 12.1 Å². The van der Waals surface area contributed by atoms with Crippen LogP contribution in [0.1, 0.15) is 5.56 Å². The number of nitrogens with one attached hydrogen (secondary N) is 1. The maximum atomic E-state index is 11.6. The fourth-order valence-electron chi connectivity index (χ4n) is 1.55. The lowest BCUT2D eigenvalue weighted by Gasteiger charge is -2.07. The quantitative estimate of drug-likeness (QED) is 0.471. The SMILES string of the molecule is [N-]=[N+]=Nc1ccc(COC(=O)Nc2ccc(Br)cc2)cc1. The number of hydrogen-bond donors (Lipinski definition) is 1. The molecule has 1 N–H and O–H groups in total. The molecule has 0 aromatic heterocycles. The maximum Gasteiger partial charge on any atom is 0.411 e. The molecule has 2 rings (SSSR count). The first-order chi connectivity index (χ1) is 10.2. The van der Waals surface area contributed by atoms with Gasteiger partial charge in [0.1, 0.15) is 6.61 Å². The van der Waals surface area contributed by atoms with E-state index < -0.39 is 6.09 Å². The van der Waals surface area contributed by atoms with Crippen molar-refractivity contribution in [3.8, 4) is 0 Å². The first-order valence-electron chi connectivity index (χ1n) is 6.01. The Labute approximate surface area is 129 Å². The first kappa shape index (κ1) is 14.9. The minimum atomic E-state index is -0.531. The van der Waals surface area contributed by atoms with Gasteiger partial charge in [-0.15, -0.1) is 0 Å². The zero-order valence-corrected chi connectivity index (χ0v) is 12.4. The van der Waals surface area contributed by atoms with E-state index >= 15 is 0 Å². The van der Waals surface area contributed by atoms with Crippen LogP contribution in [0.2, 0.25) is 0 Å². The molecule has 0 unspecified atom stereocenters. The van der Waals surface area contributed by atoms with Gasteiger partial charge < -0.3 is 4.74 Å². The molecule has 21 heavy (non-hydrogen) atoms. The van der Waals surface area contributed by atoms with Crippen molar-refractivity contribution < 1.29 is 9.53 Å². The molecule has 0 spiro atoms. The third kappa shape index (κ3) is 4.83. The number of rotatable bonds is 4. The molecule has 0 saturated heterocycles. The molecule has 7 heteroatoms. The fraction of sp³-hybridized carbons (Fsp3) is 0.0714. The molecule has 0 atom stereocenters. The molecule has 0 aliphatic carbocycles. The Hall–Kier alpha value is -2.50. The van der Waals surface area contributed by atoms with Crippen LogP contribution in [-0.4, -0.2) is 6.09 Å². The number of ether oxygens (including phenoxy) is 1. The van der Waals surface area contributed by atoms with Gasteiger partial charge in [0.15, 0.2) is 0 Å². The van der Waals surface area contributed by atoms with Crippen LogP contribution in [0, 0.1) is 0 Å². The van der Waals surface area contributed by atoms with Crippen LogP contribution in [0.15, 0.2) is 58.1 Å². The zero-order chi connectivity index (χ0) is 15.1. The number of azide groups is 1. The summed E-state index contributed by atoms with van der Waals surface area (Å²) in [6.07, 6.45) is -0.531. The highest BCUT2D eigenvalue weighted by molar-refractivity contribution is 9.10. The third-order valence-electron chi connectivity index (χ3n) is 2.56. The van der Waals surface area contributed by atoms with Gasteiger partial charge in [-0.2, -0.15) is 0 Å². The first-order valence-corrected chi connectivity index (χ1v) is 6.80. The molecule has 2 aromatic rings. The van der Waals surface area contributed by atoms with E-state index in [0.717, 1.165) is 10.0 Å². The molecule has 0 heterocycles. The molecule has 106 valence electrons. The molecule has 6 nitrogen and oxygen atoms in total. The van der Waals surface area contributed by atoms with Gasteiger partial charge in [0.05, 0.1) is 0 Å². The van der Waals surface area contributed by atoms with Crippen LogP contribution in [-0.2, 0) is 11.3 Å². The van der Waals surface area contributed by atoms with Crippen molar-refractivity contribution in [1.82, 2.24) is 0 Å². The third-order valence-corrected chi connectivity index (χ3v) is 3.09. The predicted molar refractivity (Wildman–Crippen MR) is 83.2 cm³/mol. The Morgan fingerprint density at radius 2 is 1.86 bits per heavy atom. The lowest BCUT2D eigenvalue weighted by molar-refractivity contribution is 0.155. The van der Waals surface area contributed by atoms with E-state index in [2.05, 4.69) is 31.3 Å². The molecule has 0 bridgehead atoms. The summed E-state index contributed by atoms with van der Waals surface area (Å²) in [6, 6.07) is 14.0. The number of amides is 1. The van der Waals surface area contributed by atoms with Crippen LogP contribution in [0.3, 0.4) is 0 Å². The number of carbonyl (C=O) groups excluding carboxylic acids is 1. The lowest BCUT2D eigenvalue weighted by atomic mass is 10.2. The van der Waals surface area contributed by atoms with Gasteiger partial charge >= 0.3 is 6.09 Å². The van der Waals surface area contributed by atoms with E-state index in [9.17, 15) is 4.79 Å². The minimum absolute atomic E-state index is 0.138. The Morgan fingerprint density at radius 3 is 2.48 bits per heavy atom. The molecule has 2 aromatic carbocycles. The highest BCUT2D eigenvalue weighted by atomic mass is 79.9. The molecule has 0 fully saturated rings. The van der Waals surface area contributed by atoms with E-state index in [1.54, 1.807) is 36.4 Å². The van der Waals surface area contributed by atoms with Crippen LogP contribution in [0.5, 0.6) is 0 Å². The number of halogens is 1. The molecule has 1 amide bonds. The summed E-state index contributed by atoms with van der Waals surface area (Å²) < 4.78 is 6.03. The maximum absolute atomic E-state index is 11.6. The summed E-state index contributed by atoms with van der Waals surface area (Å²) in [7, 11) is 0. The molecular weight excluding hydrogens is 336 g/mol. The molecule has 0 aliphatic heterocycles. The summed E-state index contributed by atoms with van der Waals surface area (Å²) in [6.45, 7) is 0.138. The summed E-state index contributed by atoms with van der Waals surface area (Å²) in [5, 5.41) is 6.09. The van der Waals surface area contributed by atoms with Crippen molar-refractivity contribution in [2.24, 2.45) is 5.11 Å². The van der Waals surface area contributed by atoms with Crippen LogP contribution < -0.4 is 5.32 Å². The lowest BCUT2D eigenvalue weighted by Crippen LogP contribution is -2.13. The van der Waals surface area contributed by atoms with Gasteiger partial charge in [0.2, 0.25) is 0 Å². The number of carbonyl (C=O) groups is 1. The van der Waals surface area contributed by atoms with E-state index in [0.29, 0.717) is 11.4 Å². The van der Waals surface area contributed by atoms with Crippen LogP contribution >= 0.6 is 15.9 Å². The predicted octanol–water partition coefficient (Wildman–Crippen LogP) is 5.14. The standard InChI is InChI=1S/C14H11BrN4O2/c15-11-3-7-12(8-4-11)17-14(20)21-9-10-1-5-13(6-2-10)18-19-16/h1-8H,9H2,(H,17,20). The molecule has 0 radical (unpaired) electrons. The molecule has 0 aliphatic rings. The van der Waals surface area contributed by atoms with Crippen molar-refractivity contribution in [1.29, 1.82) is 0 Å². The number of nitrogens with zero attached hydrogens (tertiary/aromatic N) is 3. The Kier molecular flexibility index (Phi) is 5.20. The summed E-state index contributed by atoms with van der Waals surface area (Å²) in [4.78, 5) is 14.3. The van der Waals surface area contributed by atoms with E-state index in [4.69, 9.17) is 10.3 Å². The Balaban J connectivity index is 1.86. The van der Waals surface area contributed by atoms with Gasteiger partial charge in [-0.3, -0.25) is 5.32 Å². The van der Waals surface area contributed by atoms with Crippen LogP contribution in [0.4, 0.5) is 16.2 Å². The van der Waals surface area contributed by atoms with Crippen molar-refractivity contribution >= 4 is 33.4 Å². The summed E-state index contributed by atoms with van der Waals surface area (Å²) in [5.74, 6) is 0. The Bertz CT molecular complexity index is 664. The van der Waals surface area contributed by atoms with Crippen LogP contribution in [0.25, 0.3) is 10.4 Å². The minimum Gasteiger partial charge on any atom is -0.444 e. The van der Waals surface area contributed by atoms with Gasteiger partial charge in [-0.25, -0.2) is 4.79 Å². The van der Waals surface area contributed by atoms with E-state index in [1.165, 1.54) is 0 Å². The van der Waals surface area contributed by atoms with Gasteiger partial charge in [-0.1, -0.05) is 45.3 Å². The number of benzene rings is 2. The fourth-order valence-corrected chi connectivity index (χ4v) is 1.81. The average molecular weight is 347 g/mol. The largest absolute Gasteiger partial charge is 0.444 e. The van der Waals surface area contributed by atoms with Gasteiger partial charge in [0.25, 0.3) is 0 Å². The Morgan fingerprint density at radius 1 is 1.19 bits per heavy atom. The monoisotopic (exact) mass is 346 g/mol. The van der Waals surface area contributed by atoms with Crippen molar-refractivity contribution in [2.45, 2.75) is 6.61 Å². The van der Waals surface area contributed by atoms with Gasteiger partial charge in [-0.05, 0) is 35.4 Å². The topological polar surface area (TPSA) is 87.1 Å². The average Bonchev–Trinajstić information content (AvgIpc) is 2.49. The normalized spacial score (nSPS) is 9.57. The second-order valence-electron chi connectivity index (χ2n) is 4.06. The van der Waals surface area contributed by atoms with E-state index in [-0.39, 0.29) is 6.61 Å². The summed E-state index contributed by atoms with van der Waals surface area (Å²) in [5.41, 5.74) is 10.3. The highest BCUT2D eigenvalue weighted by Gasteiger charge is 2.03. The summed E-state index contributed by atoms with van der Waals surface area (Å²) >= 11 is 3.32. The van der Waals surface area contributed by atoms with Crippen molar-refractivity contribution in [3.05, 3.63) is 69.0 Å². The second-order valence-corrected chi connectivity index (χ2v) is 4.98. The van der Waals surface area contributed by atoms with Crippen molar-refractivity contribution in [3.63, 3.8) is 0 Å². The van der Waals surface area contributed by atoms with Crippen molar-refractivity contribution in [2.75, 3.05) is 5.32 Å². The number of anilines is 1. The second kappa shape index (κ2) is 7.33. The smallest absolute Gasteiger partial charge is 0.411 e. The zero-order valence-electron chi connectivity index (χ0n) is 10.9. The number of hydrogen-bond acceptors (Lipinski definition) is 3. The molecule has 0 saturated carbocycles. The highest BCUT2D eigenvalue weighted by Crippen LogP contribution is 2.15.